The van der Waals surface area contributed by atoms with Gasteiger partial charge in [0, 0.05) is 25.6 Å². The standard InChI is InChI=1S/C14H24N4O/c1-5-11-9-19-8-7-18(11)14-10(3)13(15-4)16-12(6-2)17-14/h11H,5-9H2,1-4H3,(H,15,16,17). The monoisotopic (exact) mass is 264 g/mol. The summed E-state index contributed by atoms with van der Waals surface area (Å²) in [7, 11) is 1.91. The second-order valence-electron chi connectivity index (χ2n) is 4.87. The Morgan fingerprint density at radius 2 is 2.16 bits per heavy atom. The summed E-state index contributed by atoms with van der Waals surface area (Å²) in [4.78, 5) is 11.7. The van der Waals surface area contributed by atoms with E-state index in [0.29, 0.717) is 6.04 Å². The number of aryl methyl sites for hydroxylation is 1. The summed E-state index contributed by atoms with van der Waals surface area (Å²) in [5.41, 5.74) is 1.13. The van der Waals surface area contributed by atoms with Crippen LogP contribution in [0.4, 0.5) is 11.6 Å². The van der Waals surface area contributed by atoms with Crippen LogP contribution in [0.15, 0.2) is 0 Å². The predicted octanol–water partition coefficient (Wildman–Crippen LogP) is 2.00. The van der Waals surface area contributed by atoms with Gasteiger partial charge in [0.1, 0.15) is 17.5 Å². The molecule has 1 fully saturated rings. The molecule has 0 aromatic carbocycles. The van der Waals surface area contributed by atoms with Crippen LogP contribution in [-0.2, 0) is 11.2 Å². The van der Waals surface area contributed by atoms with Crippen LogP contribution < -0.4 is 10.2 Å². The maximum absolute atomic E-state index is 5.58. The fourth-order valence-electron chi connectivity index (χ4n) is 2.50. The molecule has 1 aliphatic rings. The molecule has 0 saturated carbocycles. The highest BCUT2D eigenvalue weighted by Gasteiger charge is 2.25. The molecule has 0 amide bonds. The van der Waals surface area contributed by atoms with Gasteiger partial charge in [-0.3, -0.25) is 0 Å². The minimum atomic E-state index is 0.414. The van der Waals surface area contributed by atoms with Crippen molar-refractivity contribution in [1.82, 2.24) is 9.97 Å². The van der Waals surface area contributed by atoms with E-state index >= 15 is 0 Å². The highest BCUT2D eigenvalue weighted by molar-refractivity contribution is 5.59. The molecule has 19 heavy (non-hydrogen) atoms. The van der Waals surface area contributed by atoms with Gasteiger partial charge in [-0.1, -0.05) is 13.8 Å². The van der Waals surface area contributed by atoms with Gasteiger partial charge in [0.2, 0.25) is 0 Å². The Kier molecular flexibility index (Phi) is 4.58. The van der Waals surface area contributed by atoms with Gasteiger partial charge in [0.25, 0.3) is 0 Å². The predicted molar refractivity (Wildman–Crippen MR) is 77.9 cm³/mol. The number of anilines is 2. The number of hydrogen-bond acceptors (Lipinski definition) is 5. The van der Waals surface area contributed by atoms with Crippen molar-refractivity contribution in [1.29, 1.82) is 0 Å². The van der Waals surface area contributed by atoms with Crippen molar-refractivity contribution in [3.63, 3.8) is 0 Å². The Labute approximate surface area is 115 Å². The number of aromatic nitrogens is 2. The molecule has 2 heterocycles. The van der Waals surface area contributed by atoms with Crippen LogP contribution in [0.1, 0.15) is 31.7 Å². The lowest BCUT2D eigenvalue weighted by Gasteiger charge is -2.37. The second-order valence-corrected chi connectivity index (χ2v) is 4.87. The zero-order chi connectivity index (χ0) is 13.8. The van der Waals surface area contributed by atoms with Gasteiger partial charge in [-0.05, 0) is 13.3 Å². The molecule has 1 atom stereocenters. The van der Waals surface area contributed by atoms with Crippen LogP contribution in [0.3, 0.4) is 0 Å². The topological polar surface area (TPSA) is 50.3 Å². The zero-order valence-electron chi connectivity index (χ0n) is 12.4. The van der Waals surface area contributed by atoms with E-state index in [1.54, 1.807) is 0 Å². The summed E-state index contributed by atoms with van der Waals surface area (Å²) in [6, 6.07) is 0.414. The van der Waals surface area contributed by atoms with E-state index in [1.807, 2.05) is 7.05 Å². The molecule has 1 aromatic heterocycles. The number of rotatable bonds is 4. The van der Waals surface area contributed by atoms with Gasteiger partial charge in [0.15, 0.2) is 0 Å². The Balaban J connectivity index is 2.41. The van der Waals surface area contributed by atoms with E-state index in [9.17, 15) is 0 Å². The van der Waals surface area contributed by atoms with Crippen LogP contribution in [0.5, 0.6) is 0 Å². The van der Waals surface area contributed by atoms with E-state index in [4.69, 9.17) is 9.72 Å². The fraction of sp³-hybridized carbons (Fsp3) is 0.714. The lowest BCUT2D eigenvalue weighted by atomic mass is 10.1. The van der Waals surface area contributed by atoms with E-state index < -0.39 is 0 Å². The minimum Gasteiger partial charge on any atom is -0.377 e. The van der Waals surface area contributed by atoms with Crippen molar-refractivity contribution < 1.29 is 4.74 Å². The molecule has 0 radical (unpaired) electrons. The second kappa shape index (κ2) is 6.19. The van der Waals surface area contributed by atoms with Gasteiger partial charge < -0.3 is 15.0 Å². The first-order valence-corrected chi connectivity index (χ1v) is 7.10. The fourth-order valence-corrected chi connectivity index (χ4v) is 2.50. The summed E-state index contributed by atoms with van der Waals surface area (Å²) >= 11 is 0. The van der Waals surface area contributed by atoms with Gasteiger partial charge in [-0.2, -0.15) is 0 Å². The van der Waals surface area contributed by atoms with Crippen molar-refractivity contribution >= 4 is 11.6 Å². The highest BCUT2D eigenvalue weighted by atomic mass is 16.5. The van der Waals surface area contributed by atoms with Crippen molar-refractivity contribution in [2.45, 2.75) is 39.7 Å². The third kappa shape index (κ3) is 2.81. The molecule has 106 valence electrons. The van der Waals surface area contributed by atoms with Crippen LogP contribution >= 0.6 is 0 Å². The van der Waals surface area contributed by atoms with Crippen molar-refractivity contribution in [3.8, 4) is 0 Å². The molecular formula is C14H24N4O. The highest BCUT2D eigenvalue weighted by Crippen LogP contribution is 2.27. The molecule has 2 rings (SSSR count). The van der Waals surface area contributed by atoms with Crippen molar-refractivity contribution in [3.05, 3.63) is 11.4 Å². The Morgan fingerprint density at radius 1 is 1.37 bits per heavy atom. The average molecular weight is 264 g/mol. The maximum Gasteiger partial charge on any atom is 0.137 e. The van der Waals surface area contributed by atoms with Crippen LogP contribution in [0.25, 0.3) is 0 Å². The molecule has 0 spiro atoms. The van der Waals surface area contributed by atoms with E-state index in [1.165, 1.54) is 0 Å². The first-order valence-electron chi connectivity index (χ1n) is 7.10. The van der Waals surface area contributed by atoms with Gasteiger partial charge in [-0.25, -0.2) is 9.97 Å². The molecule has 1 aliphatic heterocycles. The summed E-state index contributed by atoms with van der Waals surface area (Å²) in [6.45, 7) is 8.84. The SMILES string of the molecule is CCc1nc(NC)c(C)c(N2CCOCC2CC)n1. The van der Waals surface area contributed by atoms with Crippen LogP contribution in [0, 0.1) is 6.92 Å². The van der Waals surface area contributed by atoms with Gasteiger partial charge >= 0.3 is 0 Å². The maximum atomic E-state index is 5.58. The van der Waals surface area contributed by atoms with E-state index in [-0.39, 0.29) is 0 Å². The molecule has 5 heteroatoms. The largest absolute Gasteiger partial charge is 0.377 e. The number of nitrogens with zero attached hydrogens (tertiary/aromatic N) is 3. The van der Waals surface area contributed by atoms with Gasteiger partial charge in [0.05, 0.1) is 19.3 Å². The third-order valence-corrected chi connectivity index (χ3v) is 3.69. The molecule has 1 aromatic rings. The summed E-state index contributed by atoms with van der Waals surface area (Å²) in [5.74, 6) is 2.89. The minimum absolute atomic E-state index is 0.414. The summed E-state index contributed by atoms with van der Waals surface area (Å²) in [5, 5.41) is 3.17. The lowest BCUT2D eigenvalue weighted by Crippen LogP contribution is -2.46. The molecule has 5 nitrogen and oxygen atoms in total. The molecular weight excluding hydrogens is 240 g/mol. The molecule has 1 saturated heterocycles. The first-order chi connectivity index (χ1) is 9.21. The number of hydrogen-bond donors (Lipinski definition) is 1. The van der Waals surface area contributed by atoms with Gasteiger partial charge in [-0.15, -0.1) is 0 Å². The summed E-state index contributed by atoms with van der Waals surface area (Å²) < 4.78 is 5.58. The number of nitrogens with one attached hydrogen (secondary N) is 1. The Hall–Kier alpha value is -1.36. The normalized spacial score (nSPS) is 19.6. The van der Waals surface area contributed by atoms with Crippen LogP contribution in [0.2, 0.25) is 0 Å². The molecule has 0 bridgehead atoms. The smallest absolute Gasteiger partial charge is 0.137 e. The molecule has 1 unspecified atom stereocenters. The zero-order valence-corrected chi connectivity index (χ0v) is 12.4. The third-order valence-electron chi connectivity index (χ3n) is 3.69. The number of ether oxygens (including phenoxy) is 1. The van der Waals surface area contributed by atoms with E-state index in [2.05, 4.69) is 36.0 Å². The molecule has 1 N–H and O–H groups in total. The quantitative estimate of drug-likeness (QED) is 0.901. The first kappa shape index (κ1) is 14.1. The molecule has 0 aliphatic carbocycles. The lowest BCUT2D eigenvalue weighted by molar-refractivity contribution is 0.0925. The van der Waals surface area contributed by atoms with Crippen molar-refractivity contribution in [2.75, 3.05) is 37.0 Å². The Bertz CT molecular complexity index is 436. The van der Waals surface area contributed by atoms with Crippen LogP contribution in [-0.4, -0.2) is 42.8 Å². The summed E-state index contributed by atoms with van der Waals surface area (Å²) in [6.07, 6.45) is 1.92. The van der Waals surface area contributed by atoms with Crippen molar-refractivity contribution in [2.24, 2.45) is 0 Å². The average Bonchev–Trinajstić information content (AvgIpc) is 2.47. The number of morpholine rings is 1. The van der Waals surface area contributed by atoms with E-state index in [0.717, 1.165) is 55.6 Å². The Morgan fingerprint density at radius 3 is 2.79 bits per heavy atom.